The van der Waals surface area contributed by atoms with Gasteiger partial charge < -0.3 is 6.92 Å². The van der Waals surface area contributed by atoms with Crippen LogP contribution < -0.4 is 0 Å². The van der Waals surface area contributed by atoms with Gasteiger partial charge in [0.1, 0.15) is 0 Å². The van der Waals surface area contributed by atoms with Gasteiger partial charge in [-0.25, -0.2) is 0 Å². The van der Waals surface area contributed by atoms with Crippen LogP contribution in [-0.4, -0.2) is 12.0 Å². The van der Waals surface area contributed by atoms with E-state index >= 15 is 0 Å². The largest absolute Gasteiger partial charge is 0.334 e. The van der Waals surface area contributed by atoms with Crippen LogP contribution in [0.4, 0.5) is 0 Å². The average Bonchev–Trinajstić information content (AvgIpc) is 1.37. The second-order valence-electron chi connectivity index (χ2n) is 0.493. The Morgan fingerprint density at radius 3 is 2.00 bits per heavy atom. The van der Waals surface area contributed by atoms with E-state index in [4.69, 9.17) is 0 Å². The molecule has 0 radical (unpaired) electrons. The summed E-state index contributed by atoms with van der Waals surface area (Å²) >= 11 is 1.75. The van der Waals surface area contributed by atoms with Crippen molar-refractivity contribution < 1.29 is 31.1 Å². The van der Waals surface area contributed by atoms with E-state index in [-0.39, 0.29) is 31.1 Å². The standard InChI is InChI=1S/C3H7S.U/c1-3-4-2;/h1,3H2,2H3;/q-1;. The molecular weight excluding hydrogens is 306 g/mol. The minimum Gasteiger partial charge on any atom is -0.334 e. The van der Waals surface area contributed by atoms with Crippen molar-refractivity contribution in [2.24, 2.45) is 0 Å². The number of hydrogen-bond donors (Lipinski definition) is 0. The normalized spacial score (nSPS) is 6.00. The molecule has 0 bridgehead atoms. The Labute approximate surface area is 61.5 Å². The van der Waals surface area contributed by atoms with Crippen molar-refractivity contribution >= 4 is 11.8 Å². The molecule has 0 aromatic heterocycles. The first-order valence-electron chi connectivity index (χ1n) is 1.20. The van der Waals surface area contributed by atoms with E-state index in [1.54, 1.807) is 11.8 Å². The third-order valence-corrected chi connectivity index (χ3v) is 0.612. The molecule has 2 heteroatoms. The van der Waals surface area contributed by atoms with E-state index in [1.807, 2.05) is 6.26 Å². The molecule has 0 saturated carbocycles. The van der Waals surface area contributed by atoms with Crippen molar-refractivity contribution in [3.05, 3.63) is 6.92 Å². The van der Waals surface area contributed by atoms with Gasteiger partial charge in [-0.15, -0.1) is 5.75 Å². The van der Waals surface area contributed by atoms with Crippen LogP contribution in [0.1, 0.15) is 0 Å². The molecular formula is C3H7SU-. The van der Waals surface area contributed by atoms with E-state index in [2.05, 4.69) is 6.92 Å². The average molecular weight is 313 g/mol. The minimum atomic E-state index is 0. The zero-order valence-corrected chi connectivity index (χ0v) is 8.30. The van der Waals surface area contributed by atoms with Crippen molar-refractivity contribution in [2.45, 2.75) is 0 Å². The summed E-state index contributed by atoms with van der Waals surface area (Å²) in [7, 11) is 0. The third kappa shape index (κ3) is 10.8. The van der Waals surface area contributed by atoms with Crippen LogP contribution in [0.15, 0.2) is 0 Å². The topological polar surface area (TPSA) is 0 Å². The van der Waals surface area contributed by atoms with Crippen LogP contribution in [0.5, 0.6) is 0 Å². The Kier molecular flexibility index (Phi) is 17.4. The van der Waals surface area contributed by atoms with Crippen LogP contribution in [0.2, 0.25) is 0 Å². The molecule has 0 heterocycles. The van der Waals surface area contributed by atoms with Crippen molar-refractivity contribution in [2.75, 3.05) is 12.0 Å². The predicted octanol–water partition coefficient (Wildman–Crippen LogP) is 1.18. The number of hydrogen-bond acceptors (Lipinski definition) is 1. The van der Waals surface area contributed by atoms with Crippen LogP contribution in [0, 0.1) is 38.0 Å². The van der Waals surface area contributed by atoms with Gasteiger partial charge in [0, 0.05) is 31.1 Å². The summed E-state index contributed by atoms with van der Waals surface area (Å²) in [5.41, 5.74) is 0. The molecule has 5 heavy (non-hydrogen) atoms. The van der Waals surface area contributed by atoms with Crippen LogP contribution >= 0.6 is 11.8 Å². The van der Waals surface area contributed by atoms with E-state index < -0.39 is 0 Å². The molecule has 0 unspecified atom stereocenters. The second-order valence-corrected chi connectivity index (χ2v) is 1.48. The summed E-state index contributed by atoms with van der Waals surface area (Å²) in [5.74, 6) is 0.986. The maximum absolute atomic E-state index is 3.57. The Bertz CT molecular complexity index is 8.85. The zero-order valence-electron chi connectivity index (χ0n) is 3.32. The Morgan fingerprint density at radius 2 is 2.00 bits per heavy atom. The van der Waals surface area contributed by atoms with Gasteiger partial charge in [0.15, 0.2) is 0 Å². The maximum atomic E-state index is 3.57. The van der Waals surface area contributed by atoms with Crippen molar-refractivity contribution in [3.63, 3.8) is 0 Å². The third-order valence-electron chi connectivity index (χ3n) is 0.204. The van der Waals surface area contributed by atoms with Gasteiger partial charge in [-0.05, 0) is 6.26 Å². The van der Waals surface area contributed by atoms with Crippen LogP contribution in [0.3, 0.4) is 0 Å². The maximum Gasteiger partial charge on any atom is 0 e. The molecule has 0 aliphatic heterocycles. The molecule has 0 spiro atoms. The van der Waals surface area contributed by atoms with Crippen LogP contribution in [-0.2, 0) is 0 Å². The summed E-state index contributed by atoms with van der Waals surface area (Å²) in [5, 5.41) is 0. The van der Waals surface area contributed by atoms with Crippen molar-refractivity contribution in [3.8, 4) is 0 Å². The minimum absolute atomic E-state index is 0. The van der Waals surface area contributed by atoms with E-state index in [0.29, 0.717) is 0 Å². The molecule has 0 aromatic carbocycles. The molecule has 0 amide bonds. The van der Waals surface area contributed by atoms with E-state index in [0.717, 1.165) is 5.75 Å². The molecule has 30 valence electrons. The molecule has 0 rings (SSSR count). The van der Waals surface area contributed by atoms with Gasteiger partial charge in [0.2, 0.25) is 0 Å². The van der Waals surface area contributed by atoms with Gasteiger partial charge in [-0.1, -0.05) is 0 Å². The molecule has 0 atom stereocenters. The van der Waals surface area contributed by atoms with Crippen LogP contribution in [0.25, 0.3) is 0 Å². The van der Waals surface area contributed by atoms with Crippen molar-refractivity contribution in [1.29, 1.82) is 0 Å². The Hall–Kier alpha value is 1.40. The molecule has 0 saturated heterocycles. The fourth-order valence-corrected chi connectivity index (χ4v) is 0. The molecule has 0 aliphatic carbocycles. The van der Waals surface area contributed by atoms with Gasteiger partial charge in [0.25, 0.3) is 0 Å². The number of rotatable bonds is 1. The summed E-state index contributed by atoms with van der Waals surface area (Å²) < 4.78 is 0. The first-order valence-corrected chi connectivity index (χ1v) is 2.59. The fourth-order valence-electron chi connectivity index (χ4n) is 0. The number of thioether (sulfide) groups is 1. The predicted molar refractivity (Wildman–Crippen MR) is 23.7 cm³/mol. The van der Waals surface area contributed by atoms with E-state index in [1.165, 1.54) is 0 Å². The summed E-state index contributed by atoms with van der Waals surface area (Å²) in [6.07, 6.45) is 2.03. The SMILES string of the molecule is [CH2-]CSC.[U]. The molecule has 0 fully saturated rings. The first-order chi connectivity index (χ1) is 1.91. The molecule has 0 aromatic rings. The zero-order chi connectivity index (χ0) is 3.41. The summed E-state index contributed by atoms with van der Waals surface area (Å²) in [4.78, 5) is 0. The van der Waals surface area contributed by atoms with Gasteiger partial charge in [-0.3, -0.25) is 0 Å². The fraction of sp³-hybridized carbons (Fsp3) is 0.667. The quantitative estimate of drug-likeness (QED) is 0.655. The molecule has 0 nitrogen and oxygen atoms in total. The smallest absolute Gasteiger partial charge is 0 e. The Morgan fingerprint density at radius 1 is 1.80 bits per heavy atom. The van der Waals surface area contributed by atoms with Gasteiger partial charge in [0.05, 0.1) is 0 Å². The molecule has 0 N–H and O–H groups in total. The molecule has 0 aliphatic rings. The van der Waals surface area contributed by atoms with Gasteiger partial charge >= 0.3 is 0 Å². The van der Waals surface area contributed by atoms with Gasteiger partial charge in [-0.2, -0.15) is 11.8 Å². The monoisotopic (exact) mass is 313 g/mol. The summed E-state index contributed by atoms with van der Waals surface area (Å²) in [6.45, 7) is 3.57. The first kappa shape index (κ1) is 9.64. The Balaban J connectivity index is 0. The second kappa shape index (κ2) is 9.04. The summed E-state index contributed by atoms with van der Waals surface area (Å²) in [6, 6.07) is 0. The van der Waals surface area contributed by atoms with Crippen molar-refractivity contribution in [1.82, 2.24) is 0 Å². The van der Waals surface area contributed by atoms with E-state index in [9.17, 15) is 0 Å².